The Hall–Kier alpha value is -1.36. The Balaban J connectivity index is 0. The monoisotopic (exact) mass is 190 g/mol. The van der Waals surface area contributed by atoms with Crippen molar-refractivity contribution in [3.05, 3.63) is 12.8 Å². The minimum absolute atomic E-state index is 0.245. The Kier molecular flexibility index (Phi) is 9.53. The summed E-state index contributed by atoms with van der Waals surface area (Å²) in [4.78, 5) is 23.2. The van der Waals surface area contributed by atoms with E-state index in [9.17, 15) is 9.59 Å². The van der Waals surface area contributed by atoms with Crippen molar-refractivity contribution in [1.29, 1.82) is 0 Å². The summed E-state index contributed by atoms with van der Waals surface area (Å²) in [6, 6.07) is 0. The van der Waals surface area contributed by atoms with Crippen molar-refractivity contribution >= 4 is 11.9 Å². The van der Waals surface area contributed by atoms with E-state index in [1.165, 1.54) is 6.92 Å². The van der Waals surface area contributed by atoms with Gasteiger partial charge < -0.3 is 9.62 Å². The Morgan fingerprint density at radius 3 is 1.92 bits per heavy atom. The quantitative estimate of drug-likeness (QED) is 0.308. The van der Waals surface area contributed by atoms with E-state index in [2.05, 4.69) is 16.2 Å². The van der Waals surface area contributed by atoms with Crippen molar-refractivity contribution in [2.75, 3.05) is 0 Å². The molecule has 0 aromatic carbocycles. The maximum absolute atomic E-state index is 10.0. The molecule has 13 heavy (non-hydrogen) atoms. The summed E-state index contributed by atoms with van der Waals surface area (Å²) < 4.78 is 4.17. The van der Waals surface area contributed by atoms with E-state index in [1.54, 1.807) is 13.8 Å². The second kappa shape index (κ2) is 8.73. The maximum Gasteiger partial charge on any atom is 0.344 e. The van der Waals surface area contributed by atoms with Gasteiger partial charge in [-0.25, -0.2) is 4.79 Å². The Morgan fingerprint density at radius 2 is 1.92 bits per heavy atom. The van der Waals surface area contributed by atoms with E-state index < -0.39 is 5.97 Å². The van der Waals surface area contributed by atoms with Crippen LogP contribution in [0.2, 0.25) is 0 Å². The van der Waals surface area contributed by atoms with Crippen LogP contribution in [0.4, 0.5) is 0 Å². The van der Waals surface area contributed by atoms with E-state index in [0.29, 0.717) is 0 Å². The third-order valence-electron chi connectivity index (χ3n) is 0.811. The van der Waals surface area contributed by atoms with Crippen LogP contribution < -0.4 is 0 Å². The van der Waals surface area contributed by atoms with Gasteiger partial charge in [0.05, 0.1) is 12.2 Å². The summed E-state index contributed by atoms with van der Waals surface area (Å²) >= 11 is 0. The highest BCUT2D eigenvalue weighted by molar-refractivity contribution is 5.70. The largest absolute Gasteiger partial charge is 0.435 e. The Morgan fingerprint density at radius 1 is 1.46 bits per heavy atom. The van der Waals surface area contributed by atoms with Crippen LogP contribution in [0, 0.1) is 5.92 Å². The molecule has 0 aromatic rings. The molecule has 0 spiro atoms. The van der Waals surface area contributed by atoms with Gasteiger partial charge >= 0.3 is 11.9 Å². The first-order valence-corrected chi connectivity index (χ1v) is 3.59. The van der Waals surface area contributed by atoms with E-state index in [1.807, 2.05) is 0 Å². The van der Waals surface area contributed by atoms with Crippen molar-refractivity contribution < 1.29 is 24.5 Å². The predicted molar refractivity (Wildman–Crippen MR) is 45.5 cm³/mol. The molecule has 0 radical (unpaired) electrons. The van der Waals surface area contributed by atoms with Crippen LogP contribution in [0.3, 0.4) is 0 Å². The summed E-state index contributed by atoms with van der Waals surface area (Å²) in [5, 5.41) is 7.66. The average molecular weight is 190 g/mol. The zero-order chi connectivity index (χ0) is 10.9. The van der Waals surface area contributed by atoms with E-state index in [4.69, 9.17) is 5.26 Å². The van der Waals surface area contributed by atoms with Crippen LogP contribution in [0.5, 0.6) is 0 Å². The summed E-state index contributed by atoms with van der Waals surface area (Å²) in [6.45, 7) is 7.75. The number of ether oxygens (including phenoxy) is 1. The molecule has 0 atom stereocenters. The molecule has 0 rings (SSSR count). The number of carbonyl (C=O) groups is 2. The lowest BCUT2D eigenvalue weighted by molar-refractivity contribution is -0.237. The summed E-state index contributed by atoms with van der Waals surface area (Å²) in [6.07, 6.45) is 1.10. The number of hydrogen-bond acceptors (Lipinski definition) is 5. The van der Waals surface area contributed by atoms with Gasteiger partial charge in [-0.1, -0.05) is 20.4 Å². The number of rotatable bonds is 2. The van der Waals surface area contributed by atoms with Gasteiger partial charge in [-0.3, -0.25) is 4.79 Å². The average Bonchev–Trinajstić information content (AvgIpc) is 2.03. The minimum atomic E-state index is -0.597. The molecule has 0 bridgehead atoms. The van der Waals surface area contributed by atoms with Gasteiger partial charge in [0.25, 0.3) is 0 Å². The van der Waals surface area contributed by atoms with Gasteiger partial charge in [-0.15, -0.1) is 0 Å². The molecule has 76 valence electrons. The second-order valence-electron chi connectivity index (χ2n) is 2.34. The van der Waals surface area contributed by atoms with Crippen LogP contribution >= 0.6 is 0 Å². The first-order chi connectivity index (χ1) is 5.95. The lowest BCUT2D eigenvalue weighted by atomic mass is 10.2. The lowest BCUT2D eigenvalue weighted by Crippen LogP contribution is -2.08. The van der Waals surface area contributed by atoms with Crippen molar-refractivity contribution in [2.24, 2.45) is 5.92 Å². The molecule has 0 heterocycles. The molecule has 0 saturated carbocycles. The standard InChI is InChI=1S/C4H8O3.C4H6O2/c1-3(2)4(5)7-6;1-3-6-4(2)5/h3,6H,1-2H3;3H,1H2,2H3. The number of hydrogen-bond donors (Lipinski definition) is 1. The normalized spacial score (nSPS) is 8.08. The SMILES string of the molecule is C=COC(C)=O.CC(C)C(=O)OO. The Labute approximate surface area is 76.9 Å². The molecule has 0 aliphatic rings. The highest BCUT2D eigenvalue weighted by Gasteiger charge is 2.05. The van der Waals surface area contributed by atoms with Gasteiger partial charge in [0.1, 0.15) is 0 Å². The molecule has 0 saturated heterocycles. The molecule has 5 nitrogen and oxygen atoms in total. The third kappa shape index (κ3) is 13.6. The molecule has 0 fully saturated rings. The minimum Gasteiger partial charge on any atom is -0.435 e. The van der Waals surface area contributed by atoms with Crippen LogP contribution in [0.25, 0.3) is 0 Å². The number of carbonyl (C=O) groups excluding carboxylic acids is 2. The molecule has 0 unspecified atom stereocenters. The smallest absolute Gasteiger partial charge is 0.344 e. The van der Waals surface area contributed by atoms with Crippen molar-refractivity contribution in [3.63, 3.8) is 0 Å². The summed E-state index contributed by atoms with van der Waals surface area (Å²) in [5.74, 6) is -1.17. The van der Waals surface area contributed by atoms with Crippen LogP contribution in [-0.4, -0.2) is 17.2 Å². The molecule has 1 N–H and O–H groups in total. The van der Waals surface area contributed by atoms with Crippen LogP contribution in [-0.2, 0) is 19.2 Å². The van der Waals surface area contributed by atoms with Gasteiger partial charge in [-0.2, -0.15) is 5.26 Å². The van der Waals surface area contributed by atoms with Gasteiger partial charge in [0, 0.05) is 6.92 Å². The second-order valence-corrected chi connectivity index (χ2v) is 2.34. The molecule has 5 heteroatoms. The van der Waals surface area contributed by atoms with Gasteiger partial charge in [-0.05, 0) is 0 Å². The Bertz CT molecular complexity index is 173. The van der Waals surface area contributed by atoms with E-state index >= 15 is 0 Å². The molecule has 0 aliphatic heterocycles. The first-order valence-electron chi connectivity index (χ1n) is 3.59. The van der Waals surface area contributed by atoms with E-state index in [-0.39, 0.29) is 11.9 Å². The predicted octanol–water partition coefficient (Wildman–Crippen LogP) is 1.35. The molecule has 0 aliphatic carbocycles. The summed E-state index contributed by atoms with van der Waals surface area (Å²) in [7, 11) is 0. The molecular weight excluding hydrogens is 176 g/mol. The molecule has 0 aromatic heterocycles. The highest BCUT2D eigenvalue weighted by Crippen LogP contribution is 1.91. The zero-order valence-electron chi connectivity index (χ0n) is 7.94. The maximum atomic E-state index is 10.0. The fraction of sp³-hybridized carbons (Fsp3) is 0.500. The van der Waals surface area contributed by atoms with Crippen molar-refractivity contribution in [3.8, 4) is 0 Å². The third-order valence-corrected chi connectivity index (χ3v) is 0.811. The summed E-state index contributed by atoms with van der Waals surface area (Å²) in [5.41, 5.74) is 0. The van der Waals surface area contributed by atoms with Crippen LogP contribution in [0.15, 0.2) is 12.8 Å². The fourth-order valence-corrected chi connectivity index (χ4v) is 0.223. The van der Waals surface area contributed by atoms with E-state index in [0.717, 1.165) is 6.26 Å². The van der Waals surface area contributed by atoms with Crippen molar-refractivity contribution in [2.45, 2.75) is 20.8 Å². The lowest BCUT2D eigenvalue weighted by Gasteiger charge is -1.94. The molecular formula is C8H14O5. The topological polar surface area (TPSA) is 72.8 Å². The van der Waals surface area contributed by atoms with Crippen molar-refractivity contribution in [1.82, 2.24) is 0 Å². The first kappa shape index (κ1) is 14.2. The zero-order valence-corrected chi connectivity index (χ0v) is 7.94. The number of esters is 1. The van der Waals surface area contributed by atoms with Gasteiger partial charge in [0.15, 0.2) is 0 Å². The molecule has 0 amide bonds. The highest BCUT2D eigenvalue weighted by atomic mass is 17.1. The van der Waals surface area contributed by atoms with Crippen LogP contribution in [0.1, 0.15) is 20.8 Å². The fourth-order valence-electron chi connectivity index (χ4n) is 0.223. The van der Waals surface area contributed by atoms with Gasteiger partial charge in [0.2, 0.25) is 0 Å².